The molecule has 0 unspecified atom stereocenters. The number of carbonyl (C=O) groups excluding carboxylic acids is 1. The molecule has 0 bridgehead atoms. The van der Waals surface area contributed by atoms with E-state index in [0.717, 1.165) is 16.5 Å². The van der Waals surface area contributed by atoms with Crippen molar-refractivity contribution in [1.82, 2.24) is 15.1 Å². The molecule has 2 atom stereocenters. The molecule has 4 rings (SSSR count). The molecule has 1 aliphatic heterocycles. The zero-order chi connectivity index (χ0) is 16.5. The lowest BCUT2D eigenvalue weighted by molar-refractivity contribution is -0.0691. The molecule has 5 heteroatoms. The van der Waals surface area contributed by atoms with E-state index in [2.05, 4.69) is 10.2 Å². The minimum absolute atomic E-state index is 0.00328. The van der Waals surface area contributed by atoms with Crippen LogP contribution in [0.25, 0.3) is 10.9 Å². The Kier molecular flexibility index (Phi) is 3.78. The summed E-state index contributed by atoms with van der Waals surface area (Å²) in [5.74, 6) is 0.0260. The maximum Gasteiger partial charge on any atom is 0.254 e. The predicted molar refractivity (Wildman–Crippen MR) is 91.7 cm³/mol. The first-order valence-electron chi connectivity index (χ1n) is 8.14. The fraction of sp³-hybridized carbons (Fsp3) is 0.263. The number of carbonyl (C=O) groups is 1. The van der Waals surface area contributed by atoms with Crippen LogP contribution in [0.4, 0.5) is 0 Å². The molecule has 2 aromatic carbocycles. The highest BCUT2D eigenvalue weighted by Gasteiger charge is 2.30. The Morgan fingerprint density at radius 2 is 2.00 bits per heavy atom. The van der Waals surface area contributed by atoms with Crippen LogP contribution in [0.2, 0.25) is 0 Å². The van der Waals surface area contributed by atoms with Crippen molar-refractivity contribution in [2.24, 2.45) is 0 Å². The average Bonchev–Trinajstić information content (AvgIpc) is 3.10. The van der Waals surface area contributed by atoms with Gasteiger partial charge >= 0.3 is 0 Å². The second-order valence-corrected chi connectivity index (χ2v) is 6.19. The van der Waals surface area contributed by atoms with Crippen molar-refractivity contribution in [2.75, 3.05) is 13.1 Å². The van der Waals surface area contributed by atoms with E-state index in [9.17, 15) is 4.79 Å². The van der Waals surface area contributed by atoms with Gasteiger partial charge in [-0.1, -0.05) is 36.4 Å². The number of nitrogens with zero attached hydrogens (tertiary/aromatic N) is 2. The van der Waals surface area contributed by atoms with Gasteiger partial charge in [0.25, 0.3) is 5.91 Å². The largest absolute Gasteiger partial charge is 0.367 e. The van der Waals surface area contributed by atoms with Crippen molar-refractivity contribution in [1.29, 1.82) is 0 Å². The lowest BCUT2D eigenvalue weighted by Crippen LogP contribution is -2.46. The molecule has 0 aliphatic carbocycles. The van der Waals surface area contributed by atoms with Crippen LogP contribution in [0.1, 0.15) is 28.9 Å². The Morgan fingerprint density at radius 3 is 2.83 bits per heavy atom. The summed E-state index contributed by atoms with van der Waals surface area (Å²) >= 11 is 0. The molecule has 3 aromatic rings. The lowest BCUT2D eigenvalue weighted by atomic mass is 10.0. The molecule has 1 amide bonds. The third kappa shape index (κ3) is 2.67. The Balaban J connectivity index is 1.63. The van der Waals surface area contributed by atoms with Crippen LogP contribution >= 0.6 is 0 Å². The molecular formula is C19H19N3O2. The molecule has 0 saturated carbocycles. The number of hydrogen-bond donors (Lipinski definition) is 1. The fourth-order valence-electron chi connectivity index (χ4n) is 3.29. The van der Waals surface area contributed by atoms with Gasteiger partial charge in [-0.2, -0.15) is 5.10 Å². The predicted octanol–water partition coefficient (Wildman–Crippen LogP) is 3.17. The SMILES string of the molecule is C[C@H]1CN(C(=O)c2cccc3[nH]ncc23)C[C@@H](c2ccccc2)O1. The summed E-state index contributed by atoms with van der Waals surface area (Å²) in [5, 5.41) is 7.82. The summed E-state index contributed by atoms with van der Waals surface area (Å²) in [7, 11) is 0. The van der Waals surface area contributed by atoms with E-state index in [4.69, 9.17) is 4.74 Å². The number of aromatic nitrogens is 2. The van der Waals surface area contributed by atoms with E-state index in [1.54, 1.807) is 6.20 Å². The van der Waals surface area contributed by atoms with Gasteiger partial charge in [0.1, 0.15) is 6.10 Å². The lowest BCUT2D eigenvalue weighted by Gasteiger charge is -2.37. The summed E-state index contributed by atoms with van der Waals surface area (Å²) in [5.41, 5.74) is 2.66. The summed E-state index contributed by atoms with van der Waals surface area (Å²) in [4.78, 5) is 14.9. The molecule has 122 valence electrons. The van der Waals surface area contributed by atoms with Gasteiger partial charge in [-0.25, -0.2) is 0 Å². The molecule has 1 N–H and O–H groups in total. The van der Waals surface area contributed by atoms with E-state index in [1.165, 1.54) is 0 Å². The van der Waals surface area contributed by atoms with Crippen LogP contribution < -0.4 is 0 Å². The van der Waals surface area contributed by atoms with Gasteiger partial charge in [-0.15, -0.1) is 0 Å². The van der Waals surface area contributed by atoms with Crippen LogP contribution in [0.15, 0.2) is 54.7 Å². The molecular weight excluding hydrogens is 302 g/mol. The van der Waals surface area contributed by atoms with Crippen molar-refractivity contribution >= 4 is 16.8 Å². The van der Waals surface area contributed by atoms with E-state index in [-0.39, 0.29) is 18.1 Å². The Hall–Kier alpha value is -2.66. The molecule has 5 nitrogen and oxygen atoms in total. The number of nitrogens with one attached hydrogen (secondary N) is 1. The first-order chi connectivity index (χ1) is 11.7. The zero-order valence-electron chi connectivity index (χ0n) is 13.5. The quantitative estimate of drug-likeness (QED) is 0.789. The van der Waals surface area contributed by atoms with Crippen molar-refractivity contribution in [2.45, 2.75) is 19.1 Å². The molecule has 24 heavy (non-hydrogen) atoms. The second-order valence-electron chi connectivity index (χ2n) is 6.19. The maximum absolute atomic E-state index is 13.1. The fourth-order valence-corrected chi connectivity index (χ4v) is 3.29. The Morgan fingerprint density at radius 1 is 1.17 bits per heavy atom. The maximum atomic E-state index is 13.1. The van der Waals surface area contributed by atoms with Crippen LogP contribution in [-0.4, -0.2) is 40.2 Å². The normalized spacial score (nSPS) is 21.1. The van der Waals surface area contributed by atoms with Crippen molar-refractivity contribution < 1.29 is 9.53 Å². The van der Waals surface area contributed by atoms with Gasteiger partial charge in [0.15, 0.2) is 0 Å². The number of hydrogen-bond acceptors (Lipinski definition) is 3. The number of ether oxygens (including phenoxy) is 1. The Labute approximate surface area is 140 Å². The zero-order valence-corrected chi connectivity index (χ0v) is 13.5. The van der Waals surface area contributed by atoms with Crippen molar-refractivity contribution in [3.05, 3.63) is 65.9 Å². The molecule has 1 aromatic heterocycles. The third-order valence-electron chi connectivity index (χ3n) is 4.43. The summed E-state index contributed by atoms with van der Waals surface area (Å²) in [6.07, 6.45) is 1.61. The van der Waals surface area contributed by atoms with Gasteiger partial charge in [0.05, 0.1) is 29.9 Å². The number of morpholine rings is 1. The number of fused-ring (bicyclic) bond motifs is 1. The number of amides is 1. The molecule has 1 aliphatic rings. The highest BCUT2D eigenvalue weighted by Crippen LogP contribution is 2.27. The molecule has 0 radical (unpaired) electrons. The number of benzene rings is 2. The van der Waals surface area contributed by atoms with Gasteiger partial charge in [-0.3, -0.25) is 9.89 Å². The molecule has 2 heterocycles. The minimum Gasteiger partial charge on any atom is -0.367 e. The van der Waals surface area contributed by atoms with E-state index < -0.39 is 0 Å². The van der Waals surface area contributed by atoms with Crippen LogP contribution in [0, 0.1) is 0 Å². The van der Waals surface area contributed by atoms with Crippen LogP contribution in [0.5, 0.6) is 0 Å². The van der Waals surface area contributed by atoms with Crippen molar-refractivity contribution in [3.8, 4) is 0 Å². The van der Waals surface area contributed by atoms with E-state index in [0.29, 0.717) is 18.7 Å². The summed E-state index contributed by atoms with van der Waals surface area (Å²) in [6.45, 7) is 3.16. The summed E-state index contributed by atoms with van der Waals surface area (Å²) in [6, 6.07) is 15.7. The van der Waals surface area contributed by atoms with Crippen LogP contribution in [0.3, 0.4) is 0 Å². The minimum atomic E-state index is -0.0950. The van der Waals surface area contributed by atoms with Crippen molar-refractivity contribution in [3.63, 3.8) is 0 Å². The highest BCUT2D eigenvalue weighted by atomic mass is 16.5. The first kappa shape index (κ1) is 14.9. The Bertz CT molecular complexity index is 859. The molecule has 1 saturated heterocycles. The highest BCUT2D eigenvalue weighted by molar-refractivity contribution is 6.06. The smallest absolute Gasteiger partial charge is 0.254 e. The third-order valence-corrected chi connectivity index (χ3v) is 4.43. The van der Waals surface area contributed by atoms with E-state index >= 15 is 0 Å². The average molecular weight is 321 g/mol. The topological polar surface area (TPSA) is 58.2 Å². The number of aromatic amines is 1. The summed E-state index contributed by atoms with van der Waals surface area (Å²) < 4.78 is 6.05. The van der Waals surface area contributed by atoms with Gasteiger partial charge in [-0.05, 0) is 24.6 Å². The van der Waals surface area contributed by atoms with E-state index in [1.807, 2.05) is 60.4 Å². The van der Waals surface area contributed by atoms with Gasteiger partial charge < -0.3 is 9.64 Å². The monoisotopic (exact) mass is 321 g/mol. The van der Waals surface area contributed by atoms with Crippen LogP contribution in [-0.2, 0) is 4.74 Å². The first-order valence-corrected chi connectivity index (χ1v) is 8.14. The number of H-pyrrole nitrogens is 1. The van der Waals surface area contributed by atoms with Gasteiger partial charge in [0.2, 0.25) is 0 Å². The molecule has 0 spiro atoms. The molecule has 1 fully saturated rings. The standard InChI is InChI=1S/C19H19N3O2/c1-13-11-22(12-18(24-13)14-6-3-2-4-7-14)19(23)15-8-5-9-17-16(15)10-20-21-17/h2-10,13,18H,11-12H2,1H3,(H,20,21)/t13-,18-/m0/s1. The van der Waals surface area contributed by atoms with Gasteiger partial charge in [0, 0.05) is 11.9 Å². The number of rotatable bonds is 2. The second kappa shape index (κ2) is 6.09.